The van der Waals surface area contributed by atoms with Gasteiger partial charge in [0, 0.05) is 11.8 Å². The molecular formula is C8H11IN4. The van der Waals surface area contributed by atoms with Gasteiger partial charge in [-0.2, -0.15) is 10.2 Å². The zero-order valence-corrected chi connectivity index (χ0v) is 9.66. The highest BCUT2D eigenvalue weighted by molar-refractivity contribution is 14.1. The molecule has 2 aromatic rings. The maximum Gasteiger partial charge on any atom is 0.0986 e. The minimum absolute atomic E-state index is 1.12. The van der Waals surface area contributed by atoms with Crippen LogP contribution >= 0.6 is 22.6 Å². The van der Waals surface area contributed by atoms with Crippen LogP contribution in [0.2, 0.25) is 0 Å². The fourth-order valence-corrected chi connectivity index (χ4v) is 0.925. The molecule has 0 radical (unpaired) electrons. The average Bonchev–Trinajstić information content (AvgIpc) is 2.67. The summed E-state index contributed by atoms with van der Waals surface area (Å²) in [6.45, 7) is 4.01. The third-order valence-electron chi connectivity index (χ3n) is 1.40. The lowest BCUT2D eigenvalue weighted by molar-refractivity contribution is 1.07. The molecule has 2 aromatic heterocycles. The number of nitrogens with zero attached hydrogens (tertiary/aromatic N) is 2. The van der Waals surface area contributed by atoms with Crippen LogP contribution in [0.15, 0.2) is 18.6 Å². The predicted molar refractivity (Wildman–Crippen MR) is 59.4 cm³/mol. The zero-order chi connectivity index (χ0) is 9.68. The quantitative estimate of drug-likeness (QED) is 0.729. The summed E-state index contributed by atoms with van der Waals surface area (Å²) in [7, 11) is 0. The largest absolute Gasteiger partial charge is 0.285 e. The van der Waals surface area contributed by atoms with Gasteiger partial charge in [-0.1, -0.05) is 0 Å². The lowest BCUT2D eigenvalue weighted by Crippen LogP contribution is -1.69. The number of aromatic nitrogens is 4. The summed E-state index contributed by atoms with van der Waals surface area (Å²) in [6, 6.07) is 0. The summed E-state index contributed by atoms with van der Waals surface area (Å²) in [5.74, 6) is 0. The van der Waals surface area contributed by atoms with Crippen molar-refractivity contribution in [3.8, 4) is 0 Å². The molecular weight excluding hydrogens is 279 g/mol. The molecule has 70 valence electrons. The number of nitrogens with one attached hydrogen (secondary N) is 2. The molecule has 0 aliphatic rings. The van der Waals surface area contributed by atoms with E-state index in [-0.39, 0.29) is 0 Å². The Morgan fingerprint density at radius 2 is 2.00 bits per heavy atom. The minimum Gasteiger partial charge on any atom is -0.285 e. The summed E-state index contributed by atoms with van der Waals surface area (Å²) >= 11 is 2.20. The van der Waals surface area contributed by atoms with E-state index < -0.39 is 0 Å². The van der Waals surface area contributed by atoms with Gasteiger partial charge >= 0.3 is 0 Å². The summed E-state index contributed by atoms with van der Waals surface area (Å²) in [6.07, 6.45) is 5.43. The van der Waals surface area contributed by atoms with E-state index in [9.17, 15) is 0 Å². The predicted octanol–water partition coefficient (Wildman–Crippen LogP) is 2.04. The number of aryl methyl sites for hydroxylation is 2. The summed E-state index contributed by atoms with van der Waals surface area (Å²) in [5, 5.41) is 13.0. The van der Waals surface area contributed by atoms with Gasteiger partial charge in [-0.3, -0.25) is 10.2 Å². The monoisotopic (exact) mass is 290 g/mol. The van der Waals surface area contributed by atoms with Crippen molar-refractivity contribution in [1.29, 1.82) is 0 Å². The Hall–Kier alpha value is -0.850. The Kier molecular flexibility index (Phi) is 3.94. The summed E-state index contributed by atoms with van der Waals surface area (Å²) < 4.78 is 1.12. The molecule has 5 heteroatoms. The Labute approximate surface area is 90.3 Å². The molecule has 0 unspecified atom stereocenters. The normalized spacial score (nSPS) is 9.15. The van der Waals surface area contributed by atoms with Crippen LogP contribution in [0.4, 0.5) is 0 Å². The first-order valence-corrected chi connectivity index (χ1v) is 4.89. The Balaban J connectivity index is 0.000000132. The molecule has 2 N–H and O–H groups in total. The molecule has 2 rings (SSSR count). The van der Waals surface area contributed by atoms with E-state index in [0.29, 0.717) is 0 Å². The first kappa shape index (κ1) is 10.2. The Morgan fingerprint density at radius 1 is 1.23 bits per heavy atom. The molecule has 0 aliphatic carbocycles. The highest BCUT2D eigenvalue weighted by Gasteiger charge is 1.89. The second-order valence-corrected chi connectivity index (χ2v) is 3.72. The van der Waals surface area contributed by atoms with Crippen LogP contribution < -0.4 is 0 Å². The van der Waals surface area contributed by atoms with Crippen molar-refractivity contribution in [2.45, 2.75) is 13.8 Å². The van der Waals surface area contributed by atoms with Crippen LogP contribution in [-0.2, 0) is 0 Å². The first-order valence-electron chi connectivity index (χ1n) is 3.81. The van der Waals surface area contributed by atoms with E-state index in [4.69, 9.17) is 0 Å². The Bertz CT molecular complexity index is 322. The molecule has 0 amide bonds. The SMILES string of the molecule is Cc1cn[nH]c1.Cc1cn[nH]c1I. The molecule has 13 heavy (non-hydrogen) atoms. The molecule has 4 nitrogen and oxygen atoms in total. The second-order valence-electron chi connectivity index (χ2n) is 2.64. The van der Waals surface area contributed by atoms with Gasteiger partial charge in [-0.15, -0.1) is 0 Å². The standard InChI is InChI=1S/C4H5IN2.C4H6N2/c1-3-2-6-7-4(3)5;1-4-2-5-6-3-4/h2H,1H3,(H,6,7);2-3H,1H3,(H,5,6). The van der Waals surface area contributed by atoms with Gasteiger partial charge in [-0.05, 0) is 42.0 Å². The highest BCUT2D eigenvalue weighted by atomic mass is 127. The van der Waals surface area contributed by atoms with Gasteiger partial charge in [0.15, 0.2) is 0 Å². The van der Waals surface area contributed by atoms with Crippen molar-refractivity contribution in [1.82, 2.24) is 20.4 Å². The van der Waals surface area contributed by atoms with Crippen molar-refractivity contribution in [2.24, 2.45) is 0 Å². The van der Waals surface area contributed by atoms with E-state index in [1.165, 1.54) is 11.1 Å². The van der Waals surface area contributed by atoms with E-state index in [2.05, 4.69) is 43.0 Å². The van der Waals surface area contributed by atoms with E-state index >= 15 is 0 Å². The smallest absolute Gasteiger partial charge is 0.0986 e. The van der Waals surface area contributed by atoms with Crippen molar-refractivity contribution < 1.29 is 0 Å². The zero-order valence-electron chi connectivity index (χ0n) is 7.50. The van der Waals surface area contributed by atoms with Crippen LogP contribution in [0.1, 0.15) is 11.1 Å². The van der Waals surface area contributed by atoms with E-state index in [0.717, 1.165) is 3.70 Å². The molecule has 0 saturated heterocycles. The molecule has 0 bridgehead atoms. The van der Waals surface area contributed by atoms with Crippen molar-refractivity contribution in [3.05, 3.63) is 33.4 Å². The van der Waals surface area contributed by atoms with Crippen LogP contribution in [-0.4, -0.2) is 20.4 Å². The fourth-order valence-electron chi connectivity index (χ4n) is 0.646. The van der Waals surface area contributed by atoms with Crippen molar-refractivity contribution >= 4 is 22.6 Å². The van der Waals surface area contributed by atoms with Gasteiger partial charge in [0.1, 0.15) is 0 Å². The summed E-state index contributed by atoms with van der Waals surface area (Å²) in [4.78, 5) is 0. The fraction of sp³-hybridized carbons (Fsp3) is 0.250. The molecule has 0 spiro atoms. The van der Waals surface area contributed by atoms with Gasteiger partial charge < -0.3 is 0 Å². The van der Waals surface area contributed by atoms with Crippen LogP contribution in [0.3, 0.4) is 0 Å². The molecule has 0 fully saturated rings. The number of halogens is 1. The van der Waals surface area contributed by atoms with Crippen molar-refractivity contribution in [3.63, 3.8) is 0 Å². The third kappa shape index (κ3) is 3.58. The maximum atomic E-state index is 3.79. The lowest BCUT2D eigenvalue weighted by Gasteiger charge is -1.76. The van der Waals surface area contributed by atoms with Crippen LogP contribution in [0, 0.1) is 17.5 Å². The molecule has 0 aromatic carbocycles. The number of hydrogen-bond acceptors (Lipinski definition) is 2. The highest BCUT2D eigenvalue weighted by Crippen LogP contribution is 2.03. The van der Waals surface area contributed by atoms with Gasteiger partial charge in [0.2, 0.25) is 0 Å². The average molecular weight is 290 g/mol. The third-order valence-corrected chi connectivity index (χ3v) is 2.49. The molecule has 2 heterocycles. The lowest BCUT2D eigenvalue weighted by atomic mass is 10.4. The van der Waals surface area contributed by atoms with Gasteiger partial charge in [0.05, 0.1) is 16.1 Å². The van der Waals surface area contributed by atoms with Crippen molar-refractivity contribution in [2.75, 3.05) is 0 Å². The number of hydrogen-bond donors (Lipinski definition) is 2. The van der Waals surface area contributed by atoms with E-state index in [1.807, 2.05) is 26.2 Å². The van der Waals surface area contributed by atoms with Gasteiger partial charge in [-0.25, -0.2) is 0 Å². The number of aromatic amines is 2. The Morgan fingerprint density at radius 3 is 2.15 bits per heavy atom. The number of rotatable bonds is 0. The molecule has 0 aliphatic heterocycles. The van der Waals surface area contributed by atoms with Crippen LogP contribution in [0.25, 0.3) is 0 Å². The number of H-pyrrole nitrogens is 2. The topological polar surface area (TPSA) is 57.4 Å². The molecule has 0 atom stereocenters. The second kappa shape index (κ2) is 5.00. The first-order chi connectivity index (χ1) is 6.20. The maximum absolute atomic E-state index is 3.79. The molecule has 0 saturated carbocycles. The van der Waals surface area contributed by atoms with E-state index in [1.54, 1.807) is 6.20 Å². The van der Waals surface area contributed by atoms with Gasteiger partial charge in [0.25, 0.3) is 0 Å². The summed E-state index contributed by atoms with van der Waals surface area (Å²) in [5.41, 5.74) is 2.38. The minimum atomic E-state index is 1.12. The van der Waals surface area contributed by atoms with Crippen LogP contribution in [0.5, 0.6) is 0 Å².